The van der Waals surface area contributed by atoms with Gasteiger partial charge in [-0.05, 0) is 48.8 Å². The minimum absolute atomic E-state index is 0.00438. The number of ether oxygens (including phenoxy) is 1. The van der Waals surface area contributed by atoms with Gasteiger partial charge in [-0.2, -0.15) is 0 Å². The SMILES string of the molecule is COc1ccccc1-c1ccccc1[C@@H]1C[C@H]1C(=O)N1CCC[C@H](NS(C)(=O)=O)CC1. The summed E-state index contributed by atoms with van der Waals surface area (Å²) in [4.78, 5) is 15.2. The number of hydrogen-bond acceptors (Lipinski definition) is 4. The Hall–Kier alpha value is -2.38. The number of sulfonamides is 1. The van der Waals surface area contributed by atoms with Crippen LogP contribution in [0.25, 0.3) is 11.1 Å². The number of nitrogens with one attached hydrogen (secondary N) is 1. The van der Waals surface area contributed by atoms with Gasteiger partial charge in [0.25, 0.3) is 0 Å². The molecule has 1 N–H and O–H groups in total. The Labute approximate surface area is 184 Å². The molecule has 2 fully saturated rings. The van der Waals surface area contributed by atoms with Crippen LogP contribution in [0.5, 0.6) is 5.75 Å². The van der Waals surface area contributed by atoms with Crippen molar-refractivity contribution < 1.29 is 17.9 Å². The van der Waals surface area contributed by atoms with Crippen LogP contribution < -0.4 is 9.46 Å². The monoisotopic (exact) mass is 442 g/mol. The number of amides is 1. The van der Waals surface area contributed by atoms with Crippen LogP contribution in [0, 0.1) is 5.92 Å². The third-order valence-corrected chi connectivity index (χ3v) is 7.05. The second kappa shape index (κ2) is 9.01. The molecule has 1 aliphatic heterocycles. The van der Waals surface area contributed by atoms with Crippen LogP contribution in [0.2, 0.25) is 0 Å². The number of carbonyl (C=O) groups is 1. The predicted molar refractivity (Wildman–Crippen MR) is 121 cm³/mol. The van der Waals surface area contributed by atoms with E-state index in [1.807, 2.05) is 35.2 Å². The van der Waals surface area contributed by atoms with Gasteiger partial charge in [0, 0.05) is 30.6 Å². The molecule has 0 aromatic heterocycles. The number of hydrogen-bond donors (Lipinski definition) is 1. The first-order chi connectivity index (χ1) is 14.9. The van der Waals surface area contributed by atoms with E-state index < -0.39 is 10.0 Å². The quantitative estimate of drug-likeness (QED) is 0.744. The molecule has 0 unspecified atom stereocenters. The van der Waals surface area contributed by atoms with E-state index in [-0.39, 0.29) is 23.8 Å². The Balaban J connectivity index is 1.47. The summed E-state index contributed by atoms with van der Waals surface area (Å²) in [6, 6.07) is 16.2. The molecule has 0 bridgehead atoms. The molecule has 1 saturated heterocycles. The third-order valence-electron chi connectivity index (χ3n) is 6.29. The number of nitrogens with zero attached hydrogens (tertiary/aromatic N) is 1. The maximum Gasteiger partial charge on any atom is 0.226 e. The zero-order valence-electron chi connectivity index (χ0n) is 18.1. The molecule has 1 aliphatic carbocycles. The van der Waals surface area contributed by atoms with E-state index in [4.69, 9.17) is 4.74 Å². The number of carbonyl (C=O) groups excluding carboxylic acids is 1. The maximum atomic E-state index is 13.2. The van der Waals surface area contributed by atoms with Gasteiger partial charge in [-0.25, -0.2) is 13.1 Å². The molecule has 31 heavy (non-hydrogen) atoms. The van der Waals surface area contributed by atoms with Crippen molar-refractivity contribution in [1.29, 1.82) is 0 Å². The largest absolute Gasteiger partial charge is 0.496 e. The fourth-order valence-corrected chi connectivity index (χ4v) is 5.56. The Morgan fingerprint density at radius 2 is 1.74 bits per heavy atom. The molecule has 166 valence electrons. The summed E-state index contributed by atoms with van der Waals surface area (Å²) < 4.78 is 31.3. The number of rotatable bonds is 6. The maximum absolute atomic E-state index is 13.2. The number of para-hydroxylation sites is 1. The van der Waals surface area contributed by atoms with Crippen LogP contribution in [0.4, 0.5) is 0 Å². The first kappa shape index (κ1) is 21.8. The minimum Gasteiger partial charge on any atom is -0.496 e. The lowest BCUT2D eigenvalue weighted by Gasteiger charge is -2.21. The van der Waals surface area contributed by atoms with Crippen molar-refractivity contribution in [3.63, 3.8) is 0 Å². The molecular formula is C24H30N2O4S. The topological polar surface area (TPSA) is 75.7 Å². The summed E-state index contributed by atoms with van der Waals surface area (Å²) in [5.74, 6) is 1.23. The van der Waals surface area contributed by atoms with E-state index in [2.05, 4.69) is 22.9 Å². The van der Waals surface area contributed by atoms with Crippen molar-refractivity contribution in [3.8, 4) is 16.9 Å². The average Bonchev–Trinajstić information content (AvgIpc) is 3.57. The van der Waals surface area contributed by atoms with Crippen molar-refractivity contribution >= 4 is 15.9 Å². The molecule has 1 amide bonds. The second-order valence-corrected chi connectivity index (χ2v) is 10.4. The van der Waals surface area contributed by atoms with Gasteiger partial charge < -0.3 is 9.64 Å². The van der Waals surface area contributed by atoms with Gasteiger partial charge >= 0.3 is 0 Å². The molecule has 6 nitrogen and oxygen atoms in total. The van der Waals surface area contributed by atoms with Crippen LogP contribution in [0.3, 0.4) is 0 Å². The predicted octanol–water partition coefficient (Wildman–Crippen LogP) is 3.40. The minimum atomic E-state index is -3.23. The molecule has 0 spiro atoms. The number of likely N-dealkylation sites (tertiary alicyclic amines) is 1. The average molecular weight is 443 g/mol. The summed E-state index contributed by atoms with van der Waals surface area (Å²) in [6.45, 7) is 1.29. The summed E-state index contributed by atoms with van der Waals surface area (Å²) in [7, 11) is -1.55. The van der Waals surface area contributed by atoms with Gasteiger partial charge in [-0.1, -0.05) is 42.5 Å². The first-order valence-corrected chi connectivity index (χ1v) is 12.7. The Morgan fingerprint density at radius 3 is 2.48 bits per heavy atom. The molecule has 2 aromatic carbocycles. The van der Waals surface area contributed by atoms with E-state index in [0.29, 0.717) is 19.5 Å². The lowest BCUT2D eigenvalue weighted by molar-refractivity contribution is -0.132. The van der Waals surface area contributed by atoms with Crippen LogP contribution in [-0.2, 0) is 14.8 Å². The molecule has 0 radical (unpaired) electrons. The number of benzene rings is 2. The number of methoxy groups -OCH3 is 1. The molecule has 2 aromatic rings. The fraction of sp³-hybridized carbons (Fsp3) is 0.458. The zero-order valence-corrected chi connectivity index (χ0v) is 18.9. The summed E-state index contributed by atoms with van der Waals surface area (Å²) in [6.07, 6.45) is 4.28. The highest BCUT2D eigenvalue weighted by molar-refractivity contribution is 7.88. The van der Waals surface area contributed by atoms with E-state index in [1.165, 1.54) is 11.8 Å². The lowest BCUT2D eigenvalue weighted by atomic mass is 9.95. The third kappa shape index (κ3) is 5.10. The van der Waals surface area contributed by atoms with Gasteiger partial charge in [0.2, 0.25) is 15.9 Å². The summed E-state index contributed by atoms with van der Waals surface area (Å²) in [5, 5.41) is 0. The molecule has 1 heterocycles. The summed E-state index contributed by atoms with van der Waals surface area (Å²) in [5.41, 5.74) is 3.36. The van der Waals surface area contributed by atoms with Crippen LogP contribution in [0.1, 0.15) is 37.2 Å². The Kier molecular flexibility index (Phi) is 6.34. The molecule has 3 atom stereocenters. The van der Waals surface area contributed by atoms with Gasteiger partial charge in [0.1, 0.15) is 5.75 Å². The van der Waals surface area contributed by atoms with E-state index in [1.54, 1.807) is 7.11 Å². The Morgan fingerprint density at radius 1 is 1.03 bits per heavy atom. The first-order valence-electron chi connectivity index (χ1n) is 10.9. The fourth-order valence-electron chi connectivity index (χ4n) is 4.72. The van der Waals surface area contributed by atoms with Gasteiger partial charge in [-0.15, -0.1) is 0 Å². The van der Waals surface area contributed by atoms with Gasteiger partial charge in [0.15, 0.2) is 0 Å². The zero-order chi connectivity index (χ0) is 22.0. The smallest absolute Gasteiger partial charge is 0.226 e. The van der Waals surface area contributed by atoms with E-state index >= 15 is 0 Å². The van der Waals surface area contributed by atoms with E-state index in [9.17, 15) is 13.2 Å². The highest BCUT2D eigenvalue weighted by Crippen LogP contribution is 2.52. The Bertz CT molecular complexity index is 1050. The molecular weight excluding hydrogens is 412 g/mol. The molecule has 7 heteroatoms. The standard InChI is InChI=1S/C24H30N2O4S/c1-30-23-12-6-5-11-20(23)18-9-3-4-10-19(18)21-16-22(21)24(27)26-14-7-8-17(13-15-26)25-31(2,28)29/h3-6,9-12,17,21-22,25H,7-8,13-16H2,1-2H3/t17-,21-,22+/m0/s1. The second-order valence-electron chi connectivity index (χ2n) is 8.58. The van der Waals surface area contributed by atoms with Crippen LogP contribution in [0.15, 0.2) is 48.5 Å². The van der Waals surface area contributed by atoms with Crippen molar-refractivity contribution in [1.82, 2.24) is 9.62 Å². The van der Waals surface area contributed by atoms with Crippen molar-refractivity contribution in [2.24, 2.45) is 5.92 Å². The lowest BCUT2D eigenvalue weighted by Crippen LogP contribution is -2.36. The van der Waals surface area contributed by atoms with Gasteiger partial charge in [0.05, 0.1) is 13.4 Å². The van der Waals surface area contributed by atoms with Crippen molar-refractivity contribution in [2.75, 3.05) is 26.5 Å². The molecule has 2 aliphatic rings. The molecule has 1 saturated carbocycles. The highest BCUT2D eigenvalue weighted by atomic mass is 32.2. The summed E-state index contributed by atoms with van der Waals surface area (Å²) >= 11 is 0. The van der Waals surface area contributed by atoms with E-state index in [0.717, 1.165) is 36.1 Å². The molecule has 4 rings (SSSR count). The van der Waals surface area contributed by atoms with Crippen molar-refractivity contribution in [3.05, 3.63) is 54.1 Å². The van der Waals surface area contributed by atoms with Crippen LogP contribution >= 0.6 is 0 Å². The van der Waals surface area contributed by atoms with Crippen molar-refractivity contribution in [2.45, 2.75) is 37.6 Å². The van der Waals surface area contributed by atoms with Crippen LogP contribution in [-0.4, -0.2) is 51.7 Å². The van der Waals surface area contributed by atoms with Gasteiger partial charge in [-0.3, -0.25) is 4.79 Å². The normalized spacial score (nSPS) is 23.8. The highest BCUT2D eigenvalue weighted by Gasteiger charge is 2.46.